The lowest BCUT2D eigenvalue weighted by molar-refractivity contribution is -0.123. The second-order valence-electron chi connectivity index (χ2n) is 5.80. The van der Waals surface area contributed by atoms with Crippen LogP contribution in [0.3, 0.4) is 0 Å². The average Bonchev–Trinajstić information content (AvgIpc) is 2.74. The maximum absolute atomic E-state index is 12.0. The van der Waals surface area contributed by atoms with E-state index in [4.69, 9.17) is 5.73 Å². The van der Waals surface area contributed by atoms with Crippen LogP contribution < -0.4 is 11.1 Å². The highest BCUT2D eigenvalue weighted by Crippen LogP contribution is 2.69. The lowest BCUT2D eigenvalue weighted by atomic mass is 10.0. The number of hydrogen-bond donors (Lipinski definition) is 2. The van der Waals surface area contributed by atoms with E-state index in [0.717, 1.165) is 49.6 Å². The van der Waals surface area contributed by atoms with E-state index in [1.807, 2.05) is 0 Å². The topological polar surface area (TPSA) is 55.1 Å². The number of fused-ring (bicyclic) bond motifs is 5. The lowest BCUT2D eigenvalue weighted by Gasteiger charge is -2.09. The molecule has 0 radical (unpaired) electrons. The largest absolute Gasteiger partial charge is 0.356 e. The van der Waals surface area contributed by atoms with Crippen LogP contribution in [-0.4, -0.2) is 19.0 Å². The molecule has 1 amide bonds. The number of nitrogens with one attached hydrogen (secondary N) is 1. The Hall–Kier alpha value is -0.280. The highest BCUT2D eigenvalue weighted by molar-refractivity contribution is 5.85. The van der Waals surface area contributed by atoms with Crippen LogP contribution in [0, 0.1) is 29.6 Å². The van der Waals surface area contributed by atoms with Crippen molar-refractivity contribution >= 4 is 18.3 Å². The summed E-state index contributed by atoms with van der Waals surface area (Å²) in [4.78, 5) is 12.0. The zero-order chi connectivity index (χ0) is 11.1. The fraction of sp³-hybridized carbons (Fsp3) is 0.923. The molecule has 98 valence electrons. The molecule has 4 heteroatoms. The number of carbonyl (C=O) groups is 1. The highest BCUT2D eigenvalue weighted by Gasteiger charge is 2.67. The van der Waals surface area contributed by atoms with Crippen LogP contribution in [0.2, 0.25) is 0 Å². The van der Waals surface area contributed by atoms with Crippen LogP contribution in [0.5, 0.6) is 0 Å². The van der Waals surface area contributed by atoms with Crippen LogP contribution in [0.1, 0.15) is 32.1 Å². The number of hydrogen-bond acceptors (Lipinski definition) is 2. The molecule has 0 aromatic rings. The van der Waals surface area contributed by atoms with Crippen molar-refractivity contribution in [3.05, 3.63) is 0 Å². The van der Waals surface area contributed by atoms with E-state index in [0.29, 0.717) is 11.8 Å². The molecule has 3 fully saturated rings. The minimum absolute atomic E-state index is 0. The molecule has 4 unspecified atom stereocenters. The molecule has 3 aliphatic rings. The summed E-state index contributed by atoms with van der Waals surface area (Å²) in [6.45, 7) is 1.55. The molecular weight excluding hydrogens is 236 g/mol. The fourth-order valence-electron chi connectivity index (χ4n) is 4.27. The van der Waals surface area contributed by atoms with Gasteiger partial charge in [-0.15, -0.1) is 12.4 Å². The summed E-state index contributed by atoms with van der Waals surface area (Å²) in [5.74, 6) is 4.07. The van der Waals surface area contributed by atoms with Gasteiger partial charge in [-0.2, -0.15) is 0 Å². The summed E-state index contributed by atoms with van der Waals surface area (Å²) in [5, 5.41) is 3.08. The Morgan fingerprint density at radius 1 is 1.18 bits per heavy atom. The summed E-state index contributed by atoms with van der Waals surface area (Å²) in [6.07, 6.45) is 6.25. The molecule has 0 aromatic heterocycles. The first kappa shape index (κ1) is 13.2. The van der Waals surface area contributed by atoms with Gasteiger partial charge in [-0.1, -0.05) is 0 Å². The third-order valence-electron chi connectivity index (χ3n) is 4.97. The highest BCUT2D eigenvalue weighted by atomic mass is 35.5. The van der Waals surface area contributed by atoms with E-state index in [1.165, 1.54) is 19.3 Å². The third kappa shape index (κ3) is 2.19. The van der Waals surface area contributed by atoms with Crippen LogP contribution in [0.25, 0.3) is 0 Å². The average molecular weight is 259 g/mol. The number of amides is 1. The molecular formula is C13H23ClN2O. The third-order valence-corrected chi connectivity index (χ3v) is 4.97. The summed E-state index contributed by atoms with van der Waals surface area (Å²) < 4.78 is 0. The quantitative estimate of drug-likeness (QED) is 0.736. The smallest absolute Gasteiger partial charge is 0.223 e. The Bertz CT molecular complexity index is 281. The second kappa shape index (κ2) is 5.15. The van der Waals surface area contributed by atoms with Crippen molar-refractivity contribution in [1.29, 1.82) is 0 Å². The molecule has 0 spiro atoms. The molecule has 0 heterocycles. The SMILES string of the molecule is Cl.NCCCCNC(=O)C1C2C3CCC(C3)C12. The maximum Gasteiger partial charge on any atom is 0.223 e. The van der Waals surface area contributed by atoms with E-state index in [1.54, 1.807) is 0 Å². The number of nitrogens with two attached hydrogens (primary N) is 1. The summed E-state index contributed by atoms with van der Waals surface area (Å²) in [6, 6.07) is 0. The maximum atomic E-state index is 12.0. The van der Waals surface area contributed by atoms with Crippen molar-refractivity contribution in [3.8, 4) is 0 Å². The molecule has 2 bridgehead atoms. The van der Waals surface area contributed by atoms with Gasteiger partial charge in [0.2, 0.25) is 5.91 Å². The first-order chi connectivity index (χ1) is 7.83. The predicted molar refractivity (Wildman–Crippen MR) is 69.8 cm³/mol. The van der Waals surface area contributed by atoms with E-state index in [2.05, 4.69) is 5.32 Å². The van der Waals surface area contributed by atoms with Gasteiger partial charge in [0.05, 0.1) is 0 Å². The molecule has 3 aliphatic carbocycles. The fourth-order valence-corrected chi connectivity index (χ4v) is 4.27. The van der Waals surface area contributed by atoms with Crippen molar-refractivity contribution in [1.82, 2.24) is 5.32 Å². The molecule has 0 saturated heterocycles. The summed E-state index contributed by atoms with van der Waals surface area (Å²) in [5.41, 5.74) is 5.42. The van der Waals surface area contributed by atoms with Crippen LogP contribution >= 0.6 is 12.4 Å². The first-order valence-electron chi connectivity index (χ1n) is 6.80. The first-order valence-corrected chi connectivity index (χ1v) is 6.80. The van der Waals surface area contributed by atoms with Gasteiger partial charge in [0, 0.05) is 12.5 Å². The molecule has 0 aromatic carbocycles. The molecule has 17 heavy (non-hydrogen) atoms. The lowest BCUT2D eigenvalue weighted by Crippen LogP contribution is -2.28. The van der Waals surface area contributed by atoms with Crippen molar-refractivity contribution in [2.24, 2.45) is 35.3 Å². The van der Waals surface area contributed by atoms with Gasteiger partial charge in [0.15, 0.2) is 0 Å². The zero-order valence-electron chi connectivity index (χ0n) is 10.2. The second-order valence-corrected chi connectivity index (χ2v) is 5.80. The van der Waals surface area contributed by atoms with Crippen LogP contribution in [-0.2, 0) is 4.79 Å². The van der Waals surface area contributed by atoms with E-state index in [-0.39, 0.29) is 12.4 Å². The summed E-state index contributed by atoms with van der Waals surface area (Å²) in [7, 11) is 0. The normalized spacial score (nSPS) is 40.6. The summed E-state index contributed by atoms with van der Waals surface area (Å²) >= 11 is 0. The molecule has 3 nitrogen and oxygen atoms in total. The standard InChI is InChI=1S/C13H22N2O.ClH/c14-5-1-2-6-15-13(16)12-10-8-3-4-9(7-8)11(10)12;/h8-12H,1-7,14H2,(H,15,16);1H. The number of halogens is 1. The van der Waals surface area contributed by atoms with E-state index >= 15 is 0 Å². The van der Waals surface area contributed by atoms with Gasteiger partial charge >= 0.3 is 0 Å². The Morgan fingerprint density at radius 2 is 1.82 bits per heavy atom. The van der Waals surface area contributed by atoms with E-state index < -0.39 is 0 Å². The van der Waals surface area contributed by atoms with Crippen molar-refractivity contribution < 1.29 is 4.79 Å². The minimum atomic E-state index is 0. The molecule has 3 N–H and O–H groups in total. The minimum Gasteiger partial charge on any atom is -0.356 e. The molecule has 3 rings (SSSR count). The van der Waals surface area contributed by atoms with Gasteiger partial charge in [0.25, 0.3) is 0 Å². The van der Waals surface area contributed by atoms with Crippen molar-refractivity contribution in [2.75, 3.05) is 13.1 Å². The van der Waals surface area contributed by atoms with E-state index in [9.17, 15) is 4.79 Å². The van der Waals surface area contributed by atoms with Gasteiger partial charge in [-0.05, 0) is 62.3 Å². The van der Waals surface area contributed by atoms with Gasteiger partial charge in [-0.3, -0.25) is 4.79 Å². The molecule has 0 aliphatic heterocycles. The Labute approximate surface area is 109 Å². The van der Waals surface area contributed by atoms with Crippen molar-refractivity contribution in [2.45, 2.75) is 32.1 Å². The number of unbranched alkanes of at least 4 members (excludes halogenated alkanes) is 1. The van der Waals surface area contributed by atoms with Crippen LogP contribution in [0.15, 0.2) is 0 Å². The molecule has 4 atom stereocenters. The monoisotopic (exact) mass is 258 g/mol. The van der Waals surface area contributed by atoms with Gasteiger partial charge < -0.3 is 11.1 Å². The Morgan fingerprint density at radius 3 is 2.41 bits per heavy atom. The molecule has 3 saturated carbocycles. The van der Waals surface area contributed by atoms with Crippen molar-refractivity contribution in [3.63, 3.8) is 0 Å². The predicted octanol–water partition coefficient (Wildman–Crippen LogP) is 1.56. The van der Waals surface area contributed by atoms with Gasteiger partial charge in [0.1, 0.15) is 0 Å². The number of rotatable bonds is 5. The van der Waals surface area contributed by atoms with Gasteiger partial charge in [-0.25, -0.2) is 0 Å². The zero-order valence-corrected chi connectivity index (χ0v) is 11.0. The number of carbonyl (C=O) groups excluding carboxylic acids is 1. The van der Waals surface area contributed by atoms with Crippen LogP contribution in [0.4, 0.5) is 0 Å². The Balaban J connectivity index is 0.00000108. The Kier molecular flexibility index (Phi) is 3.99.